The van der Waals surface area contributed by atoms with Gasteiger partial charge in [0.05, 0.1) is 24.1 Å². The molecule has 8 nitrogen and oxygen atoms in total. The lowest BCUT2D eigenvalue weighted by atomic mass is 10.1. The maximum atomic E-state index is 13.1. The summed E-state index contributed by atoms with van der Waals surface area (Å²) in [5.74, 6) is -0.199. The highest BCUT2D eigenvalue weighted by Crippen LogP contribution is 2.16. The zero-order chi connectivity index (χ0) is 20.8. The van der Waals surface area contributed by atoms with Crippen molar-refractivity contribution in [2.45, 2.75) is 39.3 Å². The van der Waals surface area contributed by atoms with Crippen molar-refractivity contribution in [1.82, 2.24) is 19.4 Å². The number of carbonyl (C=O) groups excluding carboxylic acids is 1. The van der Waals surface area contributed by atoms with Crippen molar-refractivity contribution in [3.8, 4) is 0 Å². The Hall–Kier alpha value is -2.45. The number of para-hydroxylation sites is 1. The fraction of sp³-hybridized carbons (Fsp3) is 0.571. The van der Waals surface area contributed by atoms with E-state index in [1.807, 2.05) is 13.8 Å². The van der Waals surface area contributed by atoms with E-state index in [1.165, 1.54) is 9.13 Å². The number of nitrogens with zero attached hydrogens (tertiary/aromatic N) is 3. The van der Waals surface area contributed by atoms with Crippen LogP contribution in [0.25, 0.3) is 10.9 Å². The van der Waals surface area contributed by atoms with E-state index < -0.39 is 11.7 Å². The summed E-state index contributed by atoms with van der Waals surface area (Å²) in [5.41, 5.74) is -0.220. The Kier molecular flexibility index (Phi) is 7.22. The molecule has 29 heavy (non-hydrogen) atoms. The summed E-state index contributed by atoms with van der Waals surface area (Å²) in [5, 5.41) is 3.43. The normalized spacial score (nSPS) is 16.1. The summed E-state index contributed by atoms with van der Waals surface area (Å²) in [7, 11) is 0. The molecule has 1 unspecified atom stereocenters. The van der Waals surface area contributed by atoms with Gasteiger partial charge in [-0.2, -0.15) is 0 Å². The fourth-order valence-corrected chi connectivity index (χ4v) is 3.82. The van der Waals surface area contributed by atoms with Gasteiger partial charge in [-0.05, 0) is 25.0 Å². The van der Waals surface area contributed by atoms with Gasteiger partial charge in [-0.3, -0.25) is 23.6 Å². The molecule has 0 spiro atoms. The van der Waals surface area contributed by atoms with Crippen LogP contribution in [0.4, 0.5) is 0 Å². The highest BCUT2D eigenvalue weighted by molar-refractivity contribution is 5.84. The largest absolute Gasteiger partial charge is 0.379 e. The van der Waals surface area contributed by atoms with Gasteiger partial charge in [0.15, 0.2) is 0 Å². The Balaban J connectivity index is 1.88. The zero-order valence-electron chi connectivity index (χ0n) is 17.2. The van der Waals surface area contributed by atoms with Crippen LogP contribution in [0.15, 0.2) is 33.9 Å². The summed E-state index contributed by atoms with van der Waals surface area (Å²) in [6.07, 6.45) is 1.12. The highest BCUT2D eigenvalue weighted by atomic mass is 16.5. The number of amides is 1. The van der Waals surface area contributed by atoms with Gasteiger partial charge in [-0.1, -0.05) is 26.0 Å². The molecule has 8 heteroatoms. The molecule has 0 aliphatic carbocycles. The van der Waals surface area contributed by atoms with Crippen LogP contribution in [-0.4, -0.2) is 59.3 Å². The van der Waals surface area contributed by atoms with Gasteiger partial charge < -0.3 is 10.1 Å². The van der Waals surface area contributed by atoms with Gasteiger partial charge in [0.2, 0.25) is 5.91 Å². The van der Waals surface area contributed by atoms with Gasteiger partial charge in [-0.15, -0.1) is 0 Å². The Bertz CT molecular complexity index is 959. The smallest absolute Gasteiger partial charge is 0.332 e. The first-order valence-electron chi connectivity index (χ1n) is 10.4. The third kappa shape index (κ3) is 4.59. The number of nitrogens with one attached hydrogen (secondary N) is 1. The van der Waals surface area contributed by atoms with E-state index in [0.29, 0.717) is 50.0 Å². The van der Waals surface area contributed by atoms with Crippen LogP contribution in [-0.2, 0) is 16.1 Å². The van der Waals surface area contributed by atoms with Crippen LogP contribution < -0.4 is 16.6 Å². The van der Waals surface area contributed by atoms with Crippen molar-refractivity contribution in [2.24, 2.45) is 0 Å². The van der Waals surface area contributed by atoms with Crippen molar-refractivity contribution in [2.75, 3.05) is 39.4 Å². The predicted molar refractivity (Wildman–Crippen MR) is 112 cm³/mol. The standard InChI is InChI=1S/C21H30N4O4/c1-3-10-24-20(27)16-7-5-6-8-18(16)25(21(24)28)17(4-2)19(26)22-9-11-23-12-14-29-15-13-23/h5-8,17H,3-4,9-15H2,1-2H3,(H,22,26). The molecule has 1 aliphatic rings. The molecule has 1 N–H and O–H groups in total. The first-order chi connectivity index (χ1) is 14.1. The molecule has 1 aromatic heterocycles. The number of rotatable bonds is 8. The molecular weight excluding hydrogens is 372 g/mol. The minimum Gasteiger partial charge on any atom is -0.379 e. The third-order valence-electron chi connectivity index (χ3n) is 5.36. The first-order valence-corrected chi connectivity index (χ1v) is 10.4. The molecule has 1 amide bonds. The van der Waals surface area contributed by atoms with E-state index in [0.717, 1.165) is 19.6 Å². The van der Waals surface area contributed by atoms with Crippen LogP contribution in [0.5, 0.6) is 0 Å². The SMILES string of the molecule is CCCn1c(=O)c2ccccc2n(C(CC)C(=O)NCCN2CCOCC2)c1=O. The van der Waals surface area contributed by atoms with Crippen molar-refractivity contribution < 1.29 is 9.53 Å². The summed E-state index contributed by atoms with van der Waals surface area (Å²) in [6, 6.07) is 6.34. The second-order valence-corrected chi connectivity index (χ2v) is 7.30. The molecule has 158 valence electrons. The Morgan fingerprint density at radius 2 is 1.86 bits per heavy atom. The molecule has 0 radical (unpaired) electrons. The van der Waals surface area contributed by atoms with Gasteiger partial charge in [-0.25, -0.2) is 4.79 Å². The molecule has 0 bridgehead atoms. The van der Waals surface area contributed by atoms with Crippen LogP contribution in [0, 0.1) is 0 Å². The minimum absolute atomic E-state index is 0.199. The van der Waals surface area contributed by atoms with E-state index in [-0.39, 0.29) is 11.5 Å². The lowest BCUT2D eigenvalue weighted by molar-refractivity contribution is -0.124. The minimum atomic E-state index is -0.666. The molecule has 1 aromatic carbocycles. The average Bonchev–Trinajstić information content (AvgIpc) is 2.75. The number of fused-ring (bicyclic) bond motifs is 1. The van der Waals surface area contributed by atoms with Crippen LogP contribution in [0.3, 0.4) is 0 Å². The second-order valence-electron chi connectivity index (χ2n) is 7.30. The maximum Gasteiger partial charge on any atom is 0.332 e. The molecule has 1 saturated heterocycles. The second kappa shape index (κ2) is 9.84. The number of ether oxygens (including phenoxy) is 1. The highest BCUT2D eigenvalue weighted by Gasteiger charge is 2.24. The van der Waals surface area contributed by atoms with Crippen LogP contribution in [0.2, 0.25) is 0 Å². The number of hydrogen-bond donors (Lipinski definition) is 1. The van der Waals surface area contributed by atoms with Gasteiger partial charge >= 0.3 is 5.69 Å². The number of morpholine rings is 1. The third-order valence-corrected chi connectivity index (χ3v) is 5.36. The molecule has 1 atom stereocenters. The predicted octanol–water partition coefficient (Wildman–Crippen LogP) is 0.973. The van der Waals surface area contributed by atoms with Crippen LogP contribution >= 0.6 is 0 Å². The van der Waals surface area contributed by atoms with Crippen molar-refractivity contribution in [3.63, 3.8) is 0 Å². The van der Waals surface area contributed by atoms with Gasteiger partial charge in [0.1, 0.15) is 6.04 Å². The van der Waals surface area contributed by atoms with E-state index in [1.54, 1.807) is 24.3 Å². The molecule has 2 aromatic rings. The average molecular weight is 402 g/mol. The monoisotopic (exact) mass is 402 g/mol. The van der Waals surface area contributed by atoms with E-state index >= 15 is 0 Å². The number of carbonyl (C=O) groups is 1. The fourth-order valence-electron chi connectivity index (χ4n) is 3.82. The molecule has 2 heterocycles. The topological polar surface area (TPSA) is 85.6 Å². The molecule has 1 aliphatic heterocycles. The van der Waals surface area contributed by atoms with Crippen LogP contribution in [0.1, 0.15) is 32.7 Å². The van der Waals surface area contributed by atoms with E-state index in [9.17, 15) is 14.4 Å². The Labute approximate surface area is 170 Å². The summed E-state index contributed by atoms with van der Waals surface area (Å²) < 4.78 is 8.07. The zero-order valence-corrected chi connectivity index (χ0v) is 17.2. The Morgan fingerprint density at radius 3 is 2.55 bits per heavy atom. The number of aromatic nitrogens is 2. The van der Waals surface area contributed by atoms with Gasteiger partial charge in [0.25, 0.3) is 5.56 Å². The summed E-state index contributed by atoms with van der Waals surface area (Å²) >= 11 is 0. The maximum absolute atomic E-state index is 13.1. The van der Waals surface area contributed by atoms with Gasteiger partial charge in [0, 0.05) is 32.7 Å². The molecular formula is C21H30N4O4. The van der Waals surface area contributed by atoms with E-state index in [4.69, 9.17) is 4.74 Å². The van der Waals surface area contributed by atoms with Crippen molar-refractivity contribution >= 4 is 16.8 Å². The van der Waals surface area contributed by atoms with Crippen molar-refractivity contribution in [3.05, 3.63) is 45.1 Å². The first kappa shape index (κ1) is 21.3. The quantitative estimate of drug-likeness (QED) is 0.711. The lowest BCUT2D eigenvalue weighted by Crippen LogP contribution is -2.46. The Morgan fingerprint density at radius 1 is 1.14 bits per heavy atom. The summed E-state index contributed by atoms with van der Waals surface area (Å²) in [4.78, 5) is 41.1. The number of hydrogen-bond acceptors (Lipinski definition) is 5. The molecule has 3 rings (SSSR count). The summed E-state index contributed by atoms with van der Waals surface area (Å²) in [6.45, 7) is 8.53. The molecule has 1 fully saturated rings. The van der Waals surface area contributed by atoms with Crippen molar-refractivity contribution in [1.29, 1.82) is 0 Å². The van der Waals surface area contributed by atoms with E-state index in [2.05, 4.69) is 10.2 Å². The number of benzene rings is 1. The lowest BCUT2D eigenvalue weighted by Gasteiger charge is -2.27. The molecule has 0 saturated carbocycles.